The van der Waals surface area contributed by atoms with Gasteiger partial charge >= 0.3 is 0 Å². The number of nitrogens with zero attached hydrogens (tertiary/aromatic N) is 3. The van der Waals surface area contributed by atoms with E-state index in [0.29, 0.717) is 5.92 Å². The number of halogens is 1. The summed E-state index contributed by atoms with van der Waals surface area (Å²) in [7, 11) is 4.09. The molecule has 0 saturated heterocycles. The number of hydrogen-bond donors (Lipinski definition) is 1. The summed E-state index contributed by atoms with van der Waals surface area (Å²) in [6, 6.07) is 8.19. The molecule has 0 aliphatic heterocycles. The van der Waals surface area contributed by atoms with Crippen molar-refractivity contribution in [2.45, 2.75) is 26.7 Å². The second-order valence-electron chi connectivity index (χ2n) is 5.61. The standard InChI is InChI=1S/C16H21BrN4/c1-10(2)16-19-14(17)9-15(20-16)18-12-7-6-11(3)13(8-12)21(4)5/h6-10H,1-5H3,(H,18,19,20). The van der Waals surface area contributed by atoms with Gasteiger partial charge in [0.25, 0.3) is 0 Å². The SMILES string of the molecule is Cc1ccc(Nc2cc(Br)nc(C(C)C)n2)cc1N(C)C. The fraction of sp³-hybridized carbons (Fsp3) is 0.375. The molecule has 1 aromatic carbocycles. The van der Waals surface area contributed by atoms with Crippen LogP contribution < -0.4 is 10.2 Å². The van der Waals surface area contributed by atoms with Crippen LogP contribution in [0, 0.1) is 6.92 Å². The summed E-state index contributed by atoms with van der Waals surface area (Å²) in [4.78, 5) is 11.1. The molecule has 21 heavy (non-hydrogen) atoms. The van der Waals surface area contributed by atoms with Gasteiger partial charge in [0.15, 0.2) is 0 Å². The molecule has 5 heteroatoms. The normalized spacial score (nSPS) is 10.8. The minimum Gasteiger partial charge on any atom is -0.377 e. The molecule has 0 fully saturated rings. The van der Waals surface area contributed by atoms with Crippen LogP contribution in [0.5, 0.6) is 0 Å². The van der Waals surface area contributed by atoms with Crippen LogP contribution in [-0.2, 0) is 0 Å². The molecule has 0 spiro atoms. The van der Waals surface area contributed by atoms with Crippen molar-refractivity contribution in [2.24, 2.45) is 0 Å². The molecule has 0 amide bonds. The van der Waals surface area contributed by atoms with Crippen molar-refractivity contribution in [1.29, 1.82) is 0 Å². The first-order valence-corrected chi connectivity index (χ1v) is 7.75. The summed E-state index contributed by atoms with van der Waals surface area (Å²) in [6.07, 6.45) is 0. The van der Waals surface area contributed by atoms with E-state index in [1.807, 2.05) is 20.2 Å². The van der Waals surface area contributed by atoms with Crippen molar-refractivity contribution in [1.82, 2.24) is 9.97 Å². The van der Waals surface area contributed by atoms with Crippen LogP contribution in [-0.4, -0.2) is 24.1 Å². The van der Waals surface area contributed by atoms with Gasteiger partial charge < -0.3 is 10.2 Å². The predicted molar refractivity (Wildman–Crippen MR) is 92.6 cm³/mol. The average Bonchev–Trinajstić information content (AvgIpc) is 2.40. The molecule has 1 heterocycles. The predicted octanol–water partition coefficient (Wildman–Crippen LogP) is 4.48. The van der Waals surface area contributed by atoms with Crippen LogP contribution in [0.1, 0.15) is 31.2 Å². The van der Waals surface area contributed by atoms with Gasteiger partial charge in [0.05, 0.1) is 0 Å². The molecule has 0 unspecified atom stereocenters. The minimum absolute atomic E-state index is 0.290. The van der Waals surface area contributed by atoms with Crippen molar-refractivity contribution >= 4 is 33.1 Å². The van der Waals surface area contributed by atoms with Gasteiger partial charge in [-0.3, -0.25) is 0 Å². The molecule has 0 aliphatic carbocycles. The number of nitrogens with one attached hydrogen (secondary N) is 1. The Morgan fingerprint density at radius 2 is 1.86 bits per heavy atom. The van der Waals surface area contributed by atoms with Gasteiger partial charge in [-0.2, -0.15) is 0 Å². The van der Waals surface area contributed by atoms with E-state index in [-0.39, 0.29) is 0 Å². The number of benzene rings is 1. The highest BCUT2D eigenvalue weighted by molar-refractivity contribution is 9.10. The van der Waals surface area contributed by atoms with E-state index in [2.05, 4.69) is 75.1 Å². The Bertz CT molecular complexity index is 638. The topological polar surface area (TPSA) is 41.1 Å². The van der Waals surface area contributed by atoms with E-state index in [1.54, 1.807) is 0 Å². The van der Waals surface area contributed by atoms with Gasteiger partial charge in [-0.05, 0) is 40.5 Å². The number of aryl methyl sites for hydroxylation is 1. The van der Waals surface area contributed by atoms with Crippen molar-refractivity contribution in [3.05, 3.63) is 40.3 Å². The fourth-order valence-electron chi connectivity index (χ4n) is 2.07. The Labute approximate surface area is 134 Å². The van der Waals surface area contributed by atoms with Gasteiger partial charge in [0.2, 0.25) is 0 Å². The maximum Gasteiger partial charge on any atom is 0.135 e. The highest BCUT2D eigenvalue weighted by atomic mass is 79.9. The third-order valence-electron chi connectivity index (χ3n) is 3.19. The summed E-state index contributed by atoms with van der Waals surface area (Å²) >= 11 is 3.44. The van der Waals surface area contributed by atoms with Gasteiger partial charge in [0.1, 0.15) is 16.2 Å². The van der Waals surface area contributed by atoms with Crippen molar-refractivity contribution in [3.63, 3.8) is 0 Å². The molecule has 112 valence electrons. The molecule has 4 nitrogen and oxygen atoms in total. The van der Waals surface area contributed by atoms with Crippen LogP contribution >= 0.6 is 15.9 Å². The Kier molecular flexibility index (Phi) is 4.83. The van der Waals surface area contributed by atoms with Gasteiger partial charge in [-0.1, -0.05) is 19.9 Å². The number of hydrogen-bond acceptors (Lipinski definition) is 4. The molecular weight excluding hydrogens is 328 g/mol. The van der Waals surface area contributed by atoms with E-state index in [9.17, 15) is 0 Å². The third-order valence-corrected chi connectivity index (χ3v) is 3.60. The lowest BCUT2D eigenvalue weighted by Gasteiger charge is -2.17. The number of anilines is 3. The van der Waals surface area contributed by atoms with Crippen LogP contribution in [0.2, 0.25) is 0 Å². The van der Waals surface area contributed by atoms with Gasteiger partial charge in [0, 0.05) is 37.5 Å². The molecule has 0 bridgehead atoms. The van der Waals surface area contributed by atoms with Crippen molar-refractivity contribution in [2.75, 3.05) is 24.3 Å². The molecule has 2 rings (SSSR count). The van der Waals surface area contributed by atoms with E-state index in [0.717, 1.165) is 21.9 Å². The summed E-state index contributed by atoms with van der Waals surface area (Å²) in [5.41, 5.74) is 3.46. The van der Waals surface area contributed by atoms with Crippen LogP contribution in [0.25, 0.3) is 0 Å². The minimum atomic E-state index is 0.290. The Morgan fingerprint density at radius 1 is 1.14 bits per heavy atom. The van der Waals surface area contributed by atoms with Crippen LogP contribution in [0.3, 0.4) is 0 Å². The van der Waals surface area contributed by atoms with E-state index >= 15 is 0 Å². The Morgan fingerprint density at radius 3 is 2.48 bits per heavy atom. The molecule has 0 saturated carbocycles. The molecule has 0 atom stereocenters. The molecule has 2 aromatic rings. The highest BCUT2D eigenvalue weighted by Gasteiger charge is 2.08. The first-order valence-electron chi connectivity index (χ1n) is 6.96. The van der Waals surface area contributed by atoms with E-state index in [4.69, 9.17) is 0 Å². The zero-order valence-electron chi connectivity index (χ0n) is 13.1. The molecule has 1 aromatic heterocycles. The molecule has 0 radical (unpaired) electrons. The largest absolute Gasteiger partial charge is 0.377 e. The molecular formula is C16H21BrN4. The first-order chi connectivity index (χ1) is 9.86. The number of rotatable bonds is 4. The lowest BCUT2D eigenvalue weighted by atomic mass is 10.1. The molecule has 1 N–H and O–H groups in total. The zero-order valence-corrected chi connectivity index (χ0v) is 14.7. The van der Waals surface area contributed by atoms with Crippen molar-refractivity contribution < 1.29 is 0 Å². The third kappa shape index (κ3) is 3.94. The second kappa shape index (κ2) is 6.43. The quantitative estimate of drug-likeness (QED) is 0.827. The van der Waals surface area contributed by atoms with Crippen molar-refractivity contribution in [3.8, 4) is 0 Å². The monoisotopic (exact) mass is 348 g/mol. The smallest absolute Gasteiger partial charge is 0.135 e. The van der Waals surface area contributed by atoms with Gasteiger partial charge in [-0.25, -0.2) is 9.97 Å². The maximum absolute atomic E-state index is 4.56. The highest BCUT2D eigenvalue weighted by Crippen LogP contribution is 2.26. The summed E-state index contributed by atoms with van der Waals surface area (Å²) in [5.74, 6) is 1.92. The van der Waals surface area contributed by atoms with Crippen LogP contribution in [0.15, 0.2) is 28.9 Å². The lowest BCUT2D eigenvalue weighted by Crippen LogP contribution is -2.10. The Balaban J connectivity index is 2.32. The average molecular weight is 349 g/mol. The van der Waals surface area contributed by atoms with Gasteiger partial charge in [-0.15, -0.1) is 0 Å². The van der Waals surface area contributed by atoms with E-state index in [1.165, 1.54) is 11.3 Å². The summed E-state index contributed by atoms with van der Waals surface area (Å²) in [6.45, 7) is 6.28. The lowest BCUT2D eigenvalue weighted by molar-refractivity contribution is 0.771. The zero-order chi connectivity index (χ0) is 15.6. The second-order valence-corrected chi connectivity index (χ2v) is 6.42. The molecule has 0 aliphatic rings. The summed E-state index contributed by atoms with van der Waals surface area (Å²) < 4.78 is 0.795. The van der Waals surface area contributed by atoms with Crippen LogP contribution in [0.4, 0.5) is 17.2 Å². The number of aromatic nitrogens is 2. The van der Waals surface area contributed by atoms with E-state index < -0.39 is 0 Å². The maximum atomic E-state index is 4.56. The Hall–Kier alpha value is -1.62. The first kappa shape index (κ1) is 15.8. The fourth-order valence-corrected chi connectivity index (χ4v) is 2.47. The summed E-state index contributed by atoms with van der Waals surface area (Å²) in [5, 5.41) is 3.35.